The summed E-state index contributed by atoms with van der Waals surface area (Å²) in [5.74, 6) is -5.89. The first kappa shape index (κ1) is 15.4. The van der Waals surface area contributed by atoms with Crippen LogP contribution in [0.25, 0.3) is 10.6 Å². The summed E-state index contributed by atoms with van der Waals surface area (Å²) in [6.07, 6.45) is 0.894. The Hall–Kier alpha value is -2.13. The third-order valence-electron chi connectivity index (χ3n) is 4.52. The summed E-state index contributed by atoms with van der Waals surface area (Å²) < 4.78 is 40.4. The van der Waals surface area contributed by atoms with Gasteiger partial charge in [-0.3, -0.25) is 4.79 Å². The van der Waals surface area contributed by atoms with Gasteiger partial charge in [-0.2, -0.15) is 4.39 Å². The van der Waals surface area contributed by atoms with Crippen molar-refractivity contribution in [2.75, 3.05) is 13.1 Å². The van der Waals surface area contributed by atoms with Crippen molar-refractivity contribution in [3.8, 4) is 16.3 Å². The van der Waals surface area contributed by atoms with E-state index in [4.69, 9.17) is 0 Å². The molecule has 1 aliphatic heterocycles. The van der Waals surface area contributed by atoms with E-state index in [1.165, 1.54) is 6.20 Å². The van der Waals surface area contributed by atoms with E-state index in [9.17, 15) is 28.2 Å². The number of piperidine rings is 1. The van der Waals surface area contributed by atoms with Crippen LogP contribution in [-0.4, -0.2) is 45.2 Å². The van der Waals surface area contributed by atoms with Gasteiger partial charge in [0.1, 0.15) is 9.88 Å². The molecule has 1 aliphatic carbocycles. The van der Waals surface area contributed by atoms with Gasteiger partial charge in [-0.1, -0.05) is 0 Å². The van der Waals surface area contributed by atoms with Crippen LogP contribution < -0.4 is 0 Å². The second-order valence-electron chi connectivity index (χ2n) is 5.94. The molecule has 2 N–H and O–H groups in total. The van der Waals surface area contributed by atoms with Crippen LogP contribution in [0.1, 0.15) is 9.67 Å². The van der Waals surface area contributed by atoms with Gasteiger partial charge in [0.05, 0.1) is 17.9 Å². The number of aliphatic hydroxyl groups excluding tert-OH is 1. The number of carbonyl (C=O) groups is 1. The predicted molar refractivity (Wildman–Crippen MR) is 78.0 cm³/mol. The first-order valence-electron chi connectivity index (χ1n) is 7.18. The van der Waals surface area contributed by atoms with E-state index in [2.05, 4.69) is 4.98 Å². The Kier molecular flexibility index (Phi) is 3.33. The van der Waals surface area contributed by atoms with E-state index in [0.717, 1.165) is 11.3 Å². The number of carbonyl (C=O) groups excluding carboxylic acids is 1. The van der Waals surface area contributed by atoms with Crippen molar-refractivity contribution in [3.05, 3.63) is 34.6 Å². The van der Waals surface area contributed by atoms with Crippen molar-refractivity contribution < 1.29 is 28.2 Å². The SMILES string of the molecule is O=C(c1cnc(-c2cc(F)c(F)c(O)c2F)s1)N1C[C@@H]2C(O)[C@@H]2C1. The van der Waals surface area contributed by atoms with Crippen LogP contribution in [0, 0.1) is 29.3 Å². The summed E-state index contributed by atoms with van der Waals surface area (Å²) in [6.45, 7) is 0.913. The Labute approximate surface area is 138 Å². The average molecular weight is 356 g/mol. The maximum absolute atomic E-state index is 13.9. The average Bonchev–Trinajstić information content (AvgIpc) is 3.01. The van der Waals surface area contributed by atoms with Crippen molar-refractivity contribution >= 4 is 17.2 Å². The number of amides is 1. The fraction of sp³-hybridized carbons (Fsp3) is 0.333. The third-order valence-corrected chi connectivity index (χ3v) is 5.53. The molecule has 0 spiro atoms. The van der Waals surface area contributed by atoms with E-state index in [0.29, 0.717) is 19.2 Å². The Balaban J connectivity index is 1.61. The zero-order valence-corrected chi connectivity index (χ0v) is 12.9. The van der Waals surface area contributed by atoms with Gasteiger partial charge in [0.25, 0.3) is 5.91 Å². The minimum atomic E-state index is -1.67. The summed E-state index contributed by atoms with van der Waals surface area (Å²) in [5, 5.41) is 18.7. The van der Waals surface area contributed by atoms with E-state index >= 15 is 0 Å². The number of aromatic nitrogens is 1. The smallest absolute Gasteiger partial charge is 0.265 e. The van der Waals surface area contributed by atoms with Gasteiger partial charge < -0.3 is 15.1 Å². The quantitative estimate of drug-likeness (QED) is 0.808. The lowest BCUT2D eigenvalue weighted by Gasteiger charge is -2.17. The van der Waals surface area contributed by atoms with Crippen LogP contribution >= 0.6 is 11.3 Å². The normalized spacial score (nSPS) is 25.0. The maximum Gasteiger partial charge on any atom is 0.265 e. The molecule has 4 rings (SSSR count). The highest BCUT2D eigenvalue weighted by Gasteiger charge is 2.56. The molecule has 1 aromatic carbocycles. The number of phenols is 1. The number of nitrogens with zero attached hydrogens (tertiary/aromatic N) is 2. The molecule has 1 saturated carbocycles. The van der Waals surface area contributed by atoms with Crippen LogP contribution in [0.2, 0.25) is 0 Å². The summed E-state index contributed by atoms with van der Waals surface area (Å²) in [6, 6.07) is 0.596. The molecule has 1 unspecified atom stereocenters. The van der Waals surface area contributed by atoms with E-state index in [1.54, 1.807) is 4.90 Å². The van der Waals surface area contributed by atoms with Crippen molar-refractivity contribution in [2.24, 2.45) is 11.8 Å². The number of aliphatic hydroxyl groups is 1. The van der Waals surface area contributed by atoms with Gasteiger partial charge in [-0.05, 0) is 6.07 Å². The number of rotatable bonds is 2. The molecule has 2 heterocycles. The number of likely N-dealkylation sites (tertiary alicyclic amines) is 1. The number of halogens is 3. The number of hydrogen-bond donors (Lipinski definition) is 2. The molecule has 2 aromatic rings. The second kappa shape index (κ2) is 5.18. The van der Waals surface area contributed by atoms with Crippen LogP contribution in [0.4, 0.5) is 13.2 Å². The largest absolute Gasteiger partial charge is 0.503 e. The summed E-state index contributed by atoms with van der Waals surface area (Å²) in [5.41, 5.74) is -0.407. The minimum absolute atomic E-state index is 0.0329. The minimum Gasteiger partial charge on any atom is -0.503 e. The first-order chi connectivity index (χ1) is 11.4. The highest BCUT2D eigenvalue weighted by molar-refractivity contribution is 7.16. The first-order valence-corrected chi connectivity index (χ1v) is 8.00. The predicted octanol–water partition coefficient (Wildman–Crippen LogP) is 2.00. The zero-order chi connectivity index (χ0) is 17.2. The Morgan fingerprint density at radius 1 is 1.25 bits per heavy atom. The number of fused-ring (bicyclic) bond motifs is 1. The zero-order valence-electron chi connectivity index (χ0n) is 12.0. The van der Waals surface area contributed by atoms with E-state index < -0.39 is 28.8 Å². The standard InChI is InChI=1S/C15H11F3N2O3S/c16-8-1-5(10(17)13(22)11(8)18)14-19-2-9(24-14)15(23)20-3-6-7(4-20)12(6)21/h1-2,6-7,12,21-22H,3-4H2/t6-,7+,12?. The van der Waals surface area contributed by atoms with Gasteiger partial charge in [0, 0.05) is 24.9 Å². The number of phenolic OH excluding ortho intramolecular Hbond substituents is 1. The number of thiazole rings is 1. The van der Waals surface area contributed by atoms with Crippen molar-refractivity contribution in [2.45, 2.75) is 6.10 Å². The number of aromatic hydroxyl groups is 1. The second-order valence-corrected chi connectivity index (χ2v) is 6.97. The van der Waals surface area contributed by atoms with Gasteiger partial charge in [0.2, 0.25) is 5.82 Å². The van der Waals surface area contributed by atoms with Gasteiger partial charge >= 0.3 is 0 Å². The lowest BCUT2D eigenvalue weighted by molar-refractivity contribution is 0.0751. The van der Waals surface area contributed by atoms with Crippen molar-refractivity contribution in [1.82, 2.24) is 9.88 Å². The van der Waals surface area contributed by atoms with Crippen molar-refractivity contribution in [1.29, 1.82) is 0 Å². The monoisotopic (exact) mass is 356 g/mol. The fourth-order valence-corrected chi connectivity index (χ4v) is 3.95. The molecule has 9 heteroatoms. The van der Waals surface area contributed by atoms with Gasteiger partial charge in [-0.25, -0.2) is 13.8 Å². The Bertz CT molecular complexity index is 845. The van der Waals surface area contributed by atoms with E-state index in [1.807, 2.05) is 0 Å². The molecular weight excluding hydrogens is 345 g/mol. The molecule has 2 aliphatic rings. The van der Waals surface area contributed by atoms with Crippen molar-refractivity contribution in [3.63, 3.8) is 0 Å². The van der Waals surface area contributed by atoms with Gasteiger partial charge in [-0.15, -0.1) is 11.3 Å². The Morgan fingerprint density at radius 3 is 2.58 bits per heavy atom. The van der Waals surface area contributed by atoms with Gasteiger partial charge in [0.15, 0.2) is 17.4 Å². The molecule has 5 nitrogen and oxygen atoms in total. The molecule has 3 atom stereocenters. The number of hydrogen-bond acceptors (Lipinski definition) is 5. The molecule has 1 aromatic heterocycles. The maximum atomic E-state index is 13.9. The summed E-state index contributed by atoms with van der Waals surface area (Å²) in [7, 11) is 0. The highest BCUT2D eigenvalue weighted by Crippen LogP contribution is 2.46. The van der Waals surface area contributed by atoms with Crippen LogP contribution in [0.5, 0.6) is 5.75 Å². The molecule has 0 radical (unpaired) electrons. The highest BCUT2D eigenvalue weighted by atomic mass is 32.1. The summed E-state index contributed by atoms with van der Waals surface area (Å²) in [4.78, 5) is 18.1. The molecule has 1 amide bonds. The van der Waals surface area contributed by atoms with Crippen LogP contribution in [0.3, 0.4) is 0 Å². The number of benzene rings is 1. The molecule has 0 bridgehead atoms. The summed E-state index contributed by atoms with van der Waals surface area (Å²) >= 11 is 0.830. The van der Waals surface area contributed by atoms with Crippen LogP contribution in [-0.2, 0) is 0 Å². The fourth-order valence-electron chi connectivity index (χ4n) is 3.06. The molecule has 126 valence electrons. The lowest BCUT2D eigenvalue weighted by atomic mass is 10.2. The Morgan fingerprint density at radius 2 is 1.92 bits per heavy atom. The van der Waals surface area contributed by atoms with E-state index in [-0.39, 0.29) is 33.7 Å². The lowest BCUT2D eigenvalue weighted by Crippen LogP contribution is -2.31. The van der Waals surface area contributed by atoms with Crippen LogP contribution in [0.15, 0.2) is 12.3 Å². The topological polar surface area (TPSA) is 73.7 Å². The molecule has 24 heavy (non-hydrogen) atoms. The molecule has 2 fully saturated rings. The molecular formula is C15H11F3N2O3S. The third kappa shape index (κ3) is 2.19. The molecule has 1 saturated heterocycles.